The van der Waals surface area contributed by atoms with Crippen molar-refractivity contribution in [3.05, 3.63) is 71.7 Å². The van der Waals surface area contributed by atoms with Gasteiger partial charge in [0.1, 0.15) is 11.6 Å². The zero-order valence-corrected chi connectivity index (χ0v) is 20.8. The van der Waals surface area contributed by atoms with Crippen LogP contribution in [0.25, 0.3) is 0 Å². The third kappa shape index (κ3) is 4.15. The Labute approximate surface area is 209 Å². The lowest BCUT2D eigenvalue weighted by Gasteiger charge is -2.23. The van der Waals surface area contributed by atoms with E-state index in [9.17, 15) is 9.59 Å². The smallest absolute Gasteiger partial charge is 0.260 e. The van der Waals surface area contributed by atoms with Gasteiger partial charge in [-0.15, -0.1) is 0 Å². The first-order valence-corrected chi connectivity index (χ1v) is 11.9. The Balaban J connectivity index is 1.39. The highest BCUT2D eigenvalue weighted by Gasteiger charge is 2.29. The van der Waals surface area contributed by atoms with Crippen molar-refractivity contribution in [2.45, 2.75) is 12.5 Å². The van der Waals surface area contributed by atoms with Crippen LogP contribution in [0.2, 0.25) is 0 Å². The van der Waals surface area contributed by atoms with Crippen LogP contribution in [0.4, 0.5) is 33.0 Å². The van der Waals surface area contributed by atoms with Gasteiger partial charge >= 0.3 is 0 Å². The first-order chi connectivity index (χ1) is 17.2. The van der Waals surface area contributed by atoms with Crippen LogP contribution >= 0.6 is 0 Å². The number of amides is 2. The van der Waals surface area contributed by atoms with E-state index in [1.54, 1.807) is 47.3 Å². The number of hydrogen-bond acceptors (Lipinski definition) is 6. The van der Waals surface area contributed by atoms with E-state index in [-0.39, 0.29) is 17.5 Å². The highest BCUT2D eigenvalue weighted by atomic mass is 19.1. The van der Waals surface area contributed by atoms with Crippen LogP contribution in [0, 0.1) is 5.82 Å². The predicted octanol–water partition coefficient (Wildman–Crippen LogP) is 4.10. The Morgan fingerprint density at radius 2 is 1.83 bits per heavy atom. The largest absolute Gasteiger partial charge is 0.342 e. The number of anilines is 5. The summed E-state index contributed by atoms with van der Waals surface area (Å²) in [5.74, 6) is -0.403. The fraction of sp³-hybridized carbons (Fsp3) is 0.296. The van der Waals surface area contributed by atoms with Crippen LogP contribution in [0.15, 0.2) is 54.7 Å². The minimum Gasteiger partial charge on any atom is -0.342 e. The van der Waals surface area contributed by atoms with E-state index in [0.717, 1.165) is 17.8 Å². The standard InChI is InChI=1S/C27H29FN6O2/c1-31(2)18-11-12-34(16-18)26(35)17-9-10-21(20(28)13-17)30-25-14-23-24(15-29-25)33(4)27(36)19-7-5-6-8-22(19)32(23)3/h5-10,13-15,18H,11-12,16H2,1-4H3,(H,29,30)/t18-/m0/s1. The summed E-state index contributed by atoms with van der Waals surface area (Å²) < 4.78 is 15.0. The molecule has 0 radical (unpaired) electrons. The van der Waals surface area contributed by atoms with Gasteiger partial charge in [-0.3, -0.25) is 9.59 Å². The van der Waals surface area contributed by atoms with Crippen molar-refractivity contribution in [1.82, 2.24) is 14.8 Å². The van der Waals surface area contributed by atoms with E-state index in [0.29, 0.717) is 41.8 Å². The van der Waals surface area contributed by atoms with Gasteiger partial charge in [-0.1, -0.05) is 12.1 Å². The third-order valence-corrected chi connectivity index (χ3v) is 7.04. The molecular weight excluding hydrogens is 459 g/mol. The van der Waals surface area contributed by atoms with Gasteiger partial charge in [0, 0.05) is 44.9 Å². The molecule has 36 heavy (non-hydrogen) atoms. The van der Waals surface area contributed by atoms with Crippen molar-refractivity contribution >= 4 is 40.4 Å². The third-order valence-electron chi connectivity index (χ3n) is 7.04. The Morgan fingerprint density at radius 3 is 2.56 bits per heavy atom. The molecule has 0 saturated carbocycles. The number of carbonyl (C=O) groups excluding carboxylic acids is 2. The molecule has 0 bridgehead atoms. The lowest BCUT2D eigenvalue weighted by Crippen LogP contribution is -2.34. The topological polar surface area (TPSA) is 72.0 Å². The van der Waals surface area contributed by atoms with Crippen LogP contribution in [0.3, 0.4) is 0 Å². The van der Waals surface area contributed by atoms with Crippen LogP contribution < -0.4 is 15.1 Å². The fourth-order valence-corrected chi connectivity index (χ4v) is 4.82. The molecule has 1 fully saturated rings. The molecule has 2 aliphatic heterocycles. The molecule has 1 atom stereocenters. The summed E-state index contributed by atoms with van der Waals surface area (Å²) in [6, 6.07) is 14.0. The summed E-state index contributed by atoms with van der Waals surface area (Å²) in [5, 5.41) is 3.02. The molecule has 1 saturated heterocycles. The second kappa shape index (κ2) is 9.23. The lowest BCUT2D eigenvalue weighted by atomic mass is 10.1. The summed E-state index contributed by atoms with van der Waals surface area (Å²) in [4.78, 5) is 37.7. The van der Waals surface area contributed by atoms with E-state index in [1.165, 1.54) is 6.07 Å². The minimum atomic E-state index is -0.535. The number of pyridine rings is 1. The lowest BCUT2D eigenvalue weighted by molar-refractivity contribution is 0.0782. The SMILES string of the molecule is CN1C(=O)c2ccccc2N(C)c2cc(Nc3ccc(C(=O)N4CC[C@H](N(C)C)C4)cc3F)ncc21. The van der Waals surface area contributed by atoms with Crippen LogP contribution in [0.1, 0.15) is 27.1 Å². The van der Waals surface area contributed by atoms with Gasteiger partial charge in [-0.05, 0) is 50.8 Å². The number of hydrogen-bond donors (Lipinski definition) is 1. The maximum atomic E-state index is 15.0. The van der Waals surface area contributed by atoms with E-state index in [2.05, 4.69) is 15.2 Å². The van der Waals surface area contributed by atoms with Gasteiger partial charge in [-0.25, -0.2) is 9.37 Å². The Hall–Kier alpha value is -3.98. The molecule has 186 valence electrons. The van der Waals surface area contributed by atoms with Crippen molar-refractivity contribution in [2.75, 3.05) is 56.4 Å². The highest BCUT2D eigenvalue weighted by Crippen LogP contribution is 2.40. The summed E-state index contributed by atoms with van der Waals surface area (Å²) in [5.41, 5.74) is 3.31. The average molecular weight is 489 g/mol. The van der Waals surface area contributed by atoms with Crippen molar-refractivity contribution in [3.63, 3.8) is 0 Å². The molecule has 1 N–H and O–H groups in total. The number of benzene rings is 2. The van der Waals surface area contributed by atoms with Gasteiger partial charge in [0.15, 0.2) is 0 Å². The Kier molecular flexibility index (Phi) is 6.09. The van der Waals surface area contributed by atoms with Crippen molar-refractivity contribution in [2.24, 2.45) is 0 Å². The zero-order chi connectivity index (χ0) is 25.6. The number of fused-ring (bicyclic) bond motifs is 2. The molecule has 0 unspecified atom stereocenters. The molecule has 2 aliphatic rings. The van der Waals surface area contributed by atoms with Crippen LogP contribution in [-0.4, -0.2) is 73.9 Å². The first kappa shape index (κ1) is 23.7. The molecule has 3 heterocycles. The van der Waals surface area contributed by atoms with Crippen molar-refractivity contribution in [1.29, 1.82) is 0 Å². The monoisotopic (exact) mass is 488 g/mol. The molecular formula is C27H29FN6O2. The average Bonchev–Trinajstić information content (AvgIpc) is 3.36. The van der Waals surface area contributed by atoms with E-state index in [4.69, 9.17) is 0 Å². The maximum absolute atomic E-state index is 15.0. The molecule has 9 heteroatoms. The summed E-state index contributed by atoms with van der Waals surface area (Å²) in [6.07, 6.45) is 2.51. The minimum absolute atomic E-state index is 0.125. The van der Waals surface area contributed by atoms with Gasteiger partial charge in [0.2, 0.25) is 0 Å². The molecule has 3 aromatic rings. The van der Waals surface area contributed by atoms with Gasteiger partial charge in [0.05, 0.1) is 34.5 Å². The van der Waals surface area contributed by atoms with Crippen LogP contribution in [0.5, 0.6) is 0 Å². The molecule has 0 spiro atoms. The number of nitrogens with one attached hydrogen (secondary N) is 1. The Morgan fingerprint density at radius 1 is 1.06 bits per heavy atom. The summed E-state index contributed by atoms with van der Waals surface area (Å²) >= 11 is 0. The fourth-order valence-electron chi connectivity index (χ4n) is 4.82. The molecule has 8 nitrogen and oxygen atoms in total. The summed E-state index contributed by atoms with van der Waals surface area (Å²) in [6.45, 7) is 1.30. The molecule has 5 rings (SSSR count). The maximum Gasteiger partial charge on any atom is 0.260 e. The Bertz CT molecular complexity index is 1340. The number of halogens is 1. The van der Waals surface area contributed by atoms with Gasteiger partial charge in [-0.2, -0.15) is 0 Å². The van der Waals surface area contributed by atoms with Crippen LogP contribution in [-0.2, 0) is 0 Å². The number of nitrogens with zero attached hydrogens (tertiary/aromatic N) is 5. The number of carbonyl (C=O) groups is 2. The normalized spacial score (nSPS) is 17.2. The number of likely N-dealkylation sites (tertiary alicyclic amines) is 1. The van der Waals surface area contributed by atoms with E-state index >= 15 is 4.39 Å². The quantitative estimate of drug-likeness (QED) is 0.596. The van der Waals surface area contributed by atoms with E-state index in [1.807, 2.05) is 44.2 Å². The first-order valence-electron chi connectivity index (χ1n) is 11.9. The molecule has 0 aliphatic carbocycles. The zero-order valence-electron chi connectivity index (χ0n) is 20.8. The number of likely N-dealkylation sites (N-methyl/N-ethyl adjacent to an activating group) is 1. The van der Waals surface area contributed by atoms with Crippen molar-refractivity contribution < 1.29 is 14.0 Å². The van der Waals surface area contributed by atoms with Gasteiger partial charge in [0.25, 0.3) is 11.8 Å². The summed E-state index contributed by atoms with van der Waals surface area (Å²) in [7, 11) is 7.60. The number of rotatable bonds is 4. The highest BCUT2D eigenvalue weighted by molar-refractivity contribution is 6.13. The molecule has 2 amide bonds. The number of para-hydroxylation sites is 1. The van der Waals surface area contributed by atoms with Gasteiger partial charge < -0.3 is 24.9 Å². The number of aromatic nitrogens is 1. The van der Waals surface area contributed by atoms with Crippen molar-refractivity contribution in [3.8, 4) is 0 Å². The molecule has 1 aromatic heterocycles. The second-order valence-corrected chi connectivity index (χ2v) is 9.48. The predicted molar refractivity (Wildman–Crippen MR) is 139 cm³/mol. The molecule has 2 aromatic carbocycles. The van der Waals surface area contributed by atoms with E-state index < -0.39 is 5.82 Å². The second-order valence-electron chi connectivity index (χ2n) is 9.48.